The Morgan fingerprint density at radius 2 is 1.28 bits per heavy atom. The predicted molar refractivity (Wildman–Crippen MR) is 136 cm³/mol. The van der Waals surface area contributed by atoms with Crippen molar-refractivity contribution in [1.82, 2.24) is 0 Å². The second-order valence-corrected chi connectivity index (χ2v) is 10.3. The number of benzene rings is 5. The van der Waals surface area contributed by atoms with Crippen molar-refractivity contribution in [3.63, 3.8) is 0 Å². The van der Waals surface area contributed by atoms with E-state index in [1.54, 1.807) is 0 Å². The lowest BCUT2D eigenvalue weighted by Crippen LogP contribution is -2.41. The van der Waals surface area contributed by atoms with Crippen LogP contribution in [0.1, 0.15) is 27.7 Å². The van der Waals surface area contributed by atoms with Crippen molar-refractivity contribution in [3.8, 4) is 11.1 Å². The van der Waals surface area contributed by atoms with E-state index in [2.05, 4.69) is 88.4 Å². The van der Waals surface area contributed by atoms with E-state index in [1.165, 1.54) is 32.3 Å². The Labute approximate surface area is 193 Å². The smallest absolute Gasteiger partial charge is 0.399 e. The Morgan fingerprint density at radius 3 is 1.97 bits per heavy atom. The minimum atomic E-state index is -0.447. The van der Waals surface area contributed by atoms with Crippen molar-refractivity contribution in [2.45, 2.75) is 38.9 Å². The molecule has 0 atom stereocenters. The second kappa shape index (κ2) is 6.71. The van der Waals surface area contributed by atoms with Crippen LogP contribution in [0.25, 0.3) is 43.4 Å². The molecule has 0 unspecified atom stereocenters. The van der Waals surface area contributed by atoms with E-state index in [-0.39, 0.29) is 0 Å². The van der Waals surface area contributed by atoms with Gasteiger partial charge >= 0.3 is 7.12 Å². The maximum atomic E-state index is 6.61. The van der Waals surface area contributed by atoms with Crippen LogP contribution < -0.4 is 5.46 Å². The predicted octanol–water partition coefficient (Wildman–Crippen LogP) is 7.20. The Kier molecular flexibility index (Phi) is 4.20. The topological polar surface area (TPSA) is 18.5 Å². The molecule has 1 aliphatic heterocycles. The summed E-state index contributed by atoms with van der Waals surface area (Å²) in [6.45, 7) is 8.28. The summed E-state index contributed by atoms with van der Waals surface area (Å²) in [5.41, 5.74) is 2.38. The monoisotopic (exact) mass is 438 g/mol. The molecule has 5 aromatic rings. The number of hydrogen-bond donors (Lipinski definition) is 0. The molecule has 1 aliphatic rings. The van der Waals surface area contributed by atoms with Gasteiger partial charge in [-0.3, -0.25) is 0 Å². The molecule has 32 heavy (non-hydrogen) atoms. The van der Waals surface area contributed by atoms with E-state index in [0.29, 0.717) is 5.02 Å². The molecule has 5 aromatic carbocycles. The van der Waals surface area contributed by atoms with Crippen LogP contribution in [0.2, 0.25) is 5.02 Å². The van der Waals surface area contributed by atoms with Crippen LogP contribution >= 0.6 is 11.6 Å². The van der Waals surface area contributed by atoms with Crippen molar-refractivity contribution in [2.75, 3.05) is 0 Å². The molecule has 0 aliphatic carbocycles. The van der Waals surface area contributed by atoms with Gasteiger partial charge in [0.25, 0.3) is 0 Å². The molecule has 1 fully saturated rings. The average molecular weight is 439 g/mol. The zero-order valence-corrected chi connectivity index (χ0v) is 19.5. The van der Waals surface area contributed by atoms with Gasteiger partial charge in [-0.15, -0.1) is 0 Å². The molecule has 6 rings (SSSR count). The van der Waals surface area contributed by atoms with Crippen molar-refractivity contribution < 1.29 is 9.31 Å². The van der Waals surface area contributed by atoms with E-state index >= 15 is 0 Å². The third-order valence-corrected chi connectivity index (χ3v) is 7.50. The molecule has 0 spiro atoms. The minimum Gasteiger partial charge on any atom is -0.399 e. The van der Waals surface area contributed by atoms with E-state index in [4.69, 9.17) is 20.9 Å². The van der Waals surface area contributed by atoms with Crippen LogP contribution in [0.4, 0.5) is 0 Å². The molecule has 2 nitrogen and oxygen atoms in total. The first kappa shape index (κ1) is 20.1. The Morgan fingerprint density at radius 1 is 0.688 bits per heavy atom. The SMILES string of the molecule is CC1(C)OB(c2cc(Cl)cc(-c3ccc4ccc5cccc6ccc3c4c56)c2)OC1(C)C. The summed E-state index contributed by atoms with van der Waals surface area (Å²) in [6.07, 6.45) is 0. The van der Waals surface area contributed by atoms with Crippen LogP contribution in [-0.4, -0.2) is 18.3 Å². The fourth-order valence-electron chi connectivity index (χ4n) is 4.87. The van der Waals surface area contributed by atoms with Gasteiger partial charge < -0.3 is 9.31 Å². The number of rotatable bonds is 2. The summed E-state index contributed by atoms with van der Waals surface area (Å²) < 4.78 is 12.6. The molecule has 1 saturated heterocycles. The van der Waals surface area contributed by atoms with E-state index < -0.39 is 18.3 Å². The second-order valence-electron chi connectivity index (χ2n) is 9.83. The van der Waals surface area contributed by atoms with Crippen LogP contribution in [0.3, 0.4) is 0 Å². The van der Waals surface area contributed by atoms with Crippen molar-refractivity contribution in [3.05, 3.63) is 77.8 Å². The van der Waals surface area contributed by atoms with Gasteiger partial charge in [0.05, 0.1) is 11.2 Å². The summed E-state index contributed by atoms with van der Waals surface area (Å²) in [4.78, 5) is 0. The normalized spacial score (nSPS) is 17.7. The van der Waals surface area contributed by atoms with E-state index in [1.807, 2.05) is 12.1 Å². The molecule has 0 radical (unpaired) electrons. The van der Waals surface area contributed by atoms with Crippen LogP contribution in [0.5, 0.6) is 0 Å². The minimum absolute atomic E-state index is 0.396. The highest BCUT2D eigenvalue weighted by atomic mass is 35.5. The molecule has 0 N–H and O–H groups in total. The van der Waals surface area contributed by atoms with Crippen LogP contribution in [0, 0.1) is 0 Å². The van der Waals surface area contributed by atoms with Crippen molar-refractivity contribution in [1.29, 1.82) is 0 Å². The van der Waals surface area contributed by atoms with Gasteiger partial charge in [-0.05, 0) is 88.7 Å². The largest absolute Gasteiger partial charge is 0.494 e. The standard InChI is InChI=1S/C28H24BClO2/c1-27(2)28(3,4)32-29(31-27)21-14-20(15-22(30)16-21)23-12-10-19-9-8-17-6-5-7-18-11-13-24(23)26(19)25(17)18/h5-16H,1-4H3. The van der Waals surface area contributed by atoms with Gasteiger partial charge in [0, 0.05) is 5.02 Å². The molecule has 0 saturated carbocycles. The van der Waals surface area contributed by atoms with E-state index in [9.17, 15) is 0 Å². The van der Waals surface area contributed by atoms with E-state index in [0.717, 1.165) is 16.6 Å². The summed E-state index contributed by atoms with van der Waals surface area (Å²) in [5, 5.41) is 8.31. The highest BCUT2D eigenvalue weighted by Crippen LogP contribution is 2.40. The average Bonchev–Trinajstić information content (AvgIpc) is 2.98. The summed E-state index contributed by atoms with van der Waals surface area (Å²) in [6, 6.07) is 25.9. The van der Waals surface area contributed by atoms with Gasteiger partial charge in [0.15, 0.2) is 0 Å². The quantitative estimate of drug-likeness (QED) is 0.214. The molecule has 1 heterocycles. The first-order valence-electron chi connectivity index (χ1n) is 11.1. The lowest BCUT2D eigenvalue weighted by molar-refractivity contribution is 0.00578. The third-order valence-electron chi connectivity index (χ3n) is 7.29. The summed E-state index contributed by atoms with van der Waals surface area (Å²) in [5.74, 6) is 0. The van der Waals surface area contributed by atoms with Gasteiger partial charge in [-0.25, -0.2) is 0 Å². The number of halogens is 1. The van der Waals surface area contributed by atoms with Gasteiger partial charge in [0.2, 0.25) is 0 Å². The molecule has 0 amide bonds. The molecule has 0 aromatic heterocycles. The zero-order chi connectivity index (χ0) is 22.3. The van der Waals surface area contributed by atoms with Crippen LogP contribution in [0.15, 0.2) is 72.8 Å². The maximum absolute atomic E-state index is 6.61. The molecule has 158 valence electrons. The lowest BCUT2D eigenvalue weighted by atomic mass is 9.77. The zero-order valence-electron chi connectivity index (χ0n) is 18.7. The van der Waals surface area contributed by atoms with Crippen molar-refractivity contribution >= 4 is 56.5 Å². The van der Waals surface area contributed by atoms with Crippen molar-refractivity contribution in [2.24, 2.45) is 0 Å². The Hall–Kier alpha value is -2.59. The molecule has 0 bridgehead atoms. The maximum Gasteiger partial charge on any atom is 0.494 e. The molecular weight excluding hydrogens is 415 g/mol. The molecule has 4 heteroatoms. The van der Waals surface area contributed by atoms with Gasteiger partial charge in [0.1, 0.15) is 0 Å². The number of hydrogen-bond acceptors (Lipinski definition) is 2. The highest BCUT2D eigenvalue weighted by Gasteiger charge is 2.51. The summed E-state index contributed by atoms with van der Waals surface area (Å²) >= 11 is 6.61. The highest BCUT2D eigenvalue weighted by molar-refractivity contribution is 6.62. The molecular formula is C28H24BClO2. The summed E-state index contributed by atoms with van der Waals surface area (Å²) in [7, 11) is -0.447. The Balaban J connectivity index is 1.55. The fourth-order valence-corrected chi connectivity index (χ4v) is 5.11. The third kappa shape index (κ3) is 2.89. The van der Waals surface area contributed by atoms with Crippen LogP contribution in [-0.2, 0) is 9.31 Å². The first-order chi connectivity index (χ1) is 15.2. The first-order valence-corrected chi connectivity index (χ1v) is 11.4. The Bertz CT molecular complexity index is 1470. The van der Waals surface area contributed by atoms with Gasteiger partial charge in [-0.2, -0.15) is 0 Å². The lowest BCUT2D eigenvalue weighted by Gasteiger charge is -2.32. The fraction of sp³-hybridized carbons (Fsp3) is 0.214. The van der Waals surface area contributed by atoms with Gasteiger partial charge in [-0.1, -0.05) is 72.3 Å².